The molecule has 1 rings (SSSR count). The fourth-order valence-electron chi connectivity index (χ4n) is 3.49. The molecule has 0 amide bonds. The van der Waals surface area contributed by atoms with E-state index in [1.807, 2.05) is 6.07 Å². The Morgan fingerprint density at radius 3 is 1.97 bits per heavy atom. The van der Waals surface area contributed by atoms with Gasteiger partial charge in [0, 0.05) is 0 Å². The molecule has 0 saturated heterocycles. The van der Waals surface area contributed by atoms with Gasteiger partial charge in [-0.05, 0) is 56.7 Å². The Kier molecular flexibility index (Phi) is 12.6. The largest absolute Gasteiger partial charge is 0.489 e. The lowest BCUT2D eigenvalue weighted by atomic mass is 9.99. The summed E-state index contributed by atoms with van der Waals surface area (Å²) in [6.07, 6.45) is 13.8. The first-order valence-electron chi connectivity index (χ1n) is 11.5. The monoisotopic (exact) mass is 426 g/mol. The minimum Gasteiger partial charge on any atom is -0.489 e. The van der Waals surface area contributed by atoms with Gasteiger partial charge in [0.2, 0.25) is 0 Å². The molecule has 1 N–H and O–H groups in total. The van der Waals surface area contributed by atoms with Crippen molar-refractivity contribution in [3.05, 3.63) is 29.3 Å². The van der Waals surface area contributed by atoms with Gasteiger partial charge in [-0.1, -0.05) is 77.3 Å². The number of unbranched alkanes of at least 4 members (excludes halogenated alkanes) is 8. The zero-order valence-electron chi connectivity index (χ0n) is 19.0. The minimum atomic E-state index is -4.12. The van der Waals surface area contributed by atoms with Gasteiger partial charge in [-0.2, -0.15) is 8.42 Å². The predicted octanol–water partition coefficient (Wildman–Crippen LogP) is 6.76. The summed E-state index contributed by atoms with van der Waals surface area (Å²) < 4.78 is 38.2. The van der Waals surface area contributed by atoms with Crippen LogP contribution in [0.4, 0.5) is 0 Å². The molecule has 1 aromatic carbocycles. The molecular weight excluding hydrogens is 384 g/mol. The molecule has 0 heterocycles. The van der Waals surface area contributed by atoms with Gasteiger partial charge in [0.1, 0.15) is 17.1 Å². The number of aryl methyl sites for hydroxylation is 2. The highest BCUT2D eigenvalue weighted by atomic mass is 32.2. The van der Waals surface area contributed by atoms with Gasteiger partial charge in [0.25, 0.3) is 10.1 Å². The predicted molar refractivity (Wildman–Crippen MR) is 122 cm³/mol. The Labute approximate surface area is 179 Å². The van der Waals surface area contributed by atoms with Gasteiger partial charge >= 0.3 is 0 Å². The number of rotatable bonds is 16. The van der Waals surface area contributed by atoms with E-state index in [9.17, 15) is 13.0 Å². The van der Waals surface area contributed by atoms with Crippen LogP contribution in [0.15, 0.2) is 18.2 Å². The molecular formula is C24H42O4S. The number of hydrogen-bond donors (Lipinski definition) is 1. The highest BCUT2D eigenvalue weighted by Crippen LogP contribution is 2.26. The zero-order chi connectivity index (χ0) is 21.7. The maximum Gasteiger partial charge on any atom is 0.271 e. The Hall–Kier alpha value is -1.07. The molecule has 0 bridgehead atoms. The van der Waals surface area contributed by atoms with Crippen molar-refractivity contribution in [2.24, 2.45) is 0 Å². The van der Waals surface area contributed by atoms with Crippen molar-refractivity contribution < 1.29 is 17.7 Å². The maximum atomic E-state index is 11.4. The third-order valence-electron chi connectivity index (χ3n) is 5.69. The summed E-state index contributed by atoms with van der Waals surface area (Å²) in [7, 11) is -4.12. The van der Waals surface area contributed by atoms with Crippen LogP contribution in [0.2, 0.25) is 0 Å². The number of ether oxygens (including phenoxy) is 1. The summed E-state index contributed by atoms with van der Waals surface area (Å²) in [5.41, 5.74) is 2.48. The summed E-state index contributed by atoms with van der Waals surface area (Å²) in [6, 6.07) is 6.32. The van der Waals surface area contributed by atoms with Crippen molar-refractivity contribution in [1.82, 2.24) is 0 Å². The van der Waals surface area contributed by atoms with Crippen LogP contribution in [0.25, 0.3) is 0 Å². The molecule has 0 aliphatic carbocycles. The Morgan fingerprint density at radius 1 is 0.862 bits per heavy atom. The first-order chi connectivity index (χ1) is 13.8. The third-order valence-corrected chi connectivity index (χ3v) is 7.01. The van der Waals surface area contributed by atoms with E-state index in [0.717, 1.165) is 30.6 Å². The molecule has 0 aliphatic rings. The number of hydrogen-bond acceptors (Lipinski definition) is 3. The van der Waals surface area contributed by atoms with E-state index >= 15 is 0 Å². The standard InChI is InChI=1S/C24H42O4S/c1-5-7-9-11-13-15-22-17-18-24(28-20(3)21(4)29(25,26)27)23(19-22)16-14-12-10-8-6-2/h17-21H,5-16H2,1-4H3,(H,25,26,27). The minimum absolute atomic E-state index is 0.608. The quantitative estimate of drug-likeness (QED) is 0.234. The summed E-state index contributed by atoms with van der Waals surface area (Å²) in [6.45, 7) is 7.63. The second-order valence-electron chi connectivity index (χ2n) is 8.31. The highest BCUT2D eigenvalue weighted by Gasteiger charge is 2.26. The topological polar surface area (TPSA) is 63.6 Å². The van der Waals surface area contributed by atoms with E-state index in [0.29, 0.717) is 0 Å². The van der Waals surface area contributed by atoms with Gasteiger partial charge < -0.3 is 4.74 Å². The van der Waals surface area contributed by atoms with E-state index < -0.39 is 21.5 Å². The first kappa shape index (κ1) is 26.0. The molecule has 4 nitrogen and oxygen atoms in total. The second-order valence-corrected chi connectivity index (χ2v) is 10.1. The van der Waals surface area contributed by atoms with Crippen LogP contribution >= 0.6 is 0 Å². The maximum absolute atomic E-state index is 11.4. The van der Waals surface area contributed by atoms with E-state index in [-0.39, 0.29) is 0 Å². The second kappa shape index (κ2) is 14.0. The molecule has 0 saturated carbocycles. The third kappa shape index (κ3) is 10.5. The molecule has 0 spiro atoms. The summed E-state index contributed by atoms with van der Waals surface area (Å²) in [4.78, 5) is 0. The van der Waals surface area contributed by atoms with Crippen LogP contribution in [0, 0.1) is 0 Å². The van der Waals surface area contributed by atoms with Gasteiger partial charge in [0.15, 0.2) is 0 Å². The lowest BCUT2D eigenvalue weighted by molar-refractivity contribution is 0.212. The van der Waals surface area contributed by atoms with Gasteiger partial charge in [-0.15, -0.1) is 0 Å². The summed E-state index contributed by atoms with van der Waals surface area (Å²) >= 11 is 0. The van der Waals surface area contributed by atoms with E-state index in [1.165, 1.54) is 70.3 Å². The average Bonchev–Trinajstić information content (AvgIpc) is 2.67. The van der Waals surface area contributed by atoms with Crippen molar-refractivity contribution in [1.29, 1.82) is 0 Å². The Morgan fingerprint density at radius 2 is 1.41 bits per heavy atom. The molecule has 168 valence electrons. The van der Waals surface area contributed by atoms with Crippen LogP contribution in [-0.4, -0.2) is 24.3 Å². The van der Waals surface area contributed by atoms with Crippen molar-refractivity contribution in [3.63, 3.8) is 0 Å². The molecule has 2 atom stereocenters. The molecule has 0 radical (unpaired) electrons. The zero-order valence-corrected chi connectivity index (χ0v) is 19.8. The molecule has 5 heteroatoms. The van der Waals surface area contributed by atoms with Crippen LogP contribution in [0.3, 0.4) is 0 Å². The van der Waals surface area contributed by atoms with E-state index in [2.05, 4.69) is 26.0 Å². The lowest BCUT2D eigenvalue weighted by Crippen LogP contribution is -2.33. The van der Waals surface area contributed by atoms with Crippen molar-refractivity contribution in [2.45, 2.75) is 116 Å². The normalized spacial score (nSPS) is 14.0. The molecule has 0 aliphatic heterocycles. The van der Waals surface area contributed by atoms with Crippen LogP contribution in [0.1, 0.15) is 103 Å². The lowest BCUT2D eigenvalue weighted by Gasteiger charge is -2.22. The SMILES string of the molecule is CCCCCCCc1ccc(OC(C)C(C)S(=O)(=O)O)c(CCCCCCC)c1. The fourth-order valence-corrected chi connectivity index (χ4v) is 4.03. The first-order valence-corrected chi connectivity index (χ1v) is 13.0. The van der Waals surface area contributed by atoms with E-state index in [4.69, 9.17) is 4.74 Å². The van der Waals surface area contributed by atoms with Gasteiger partial charge in [-0.3, -0.25) is 4.55 Å². The molecule has 2 unspecified atom stereocenters. The summed E-state index contributed by atoms with van der Waals surface area (Å²) in [5.74, 6) is 0.748. The van der Waals surface area contributed by atoms with E-state index in [1.54, 1.807) is 6.92 Å². The van der Waals surface area contributed by atoms with Crippen LogP contribution in [0.5, 0.6) is 5.75 Å². The fraction of sp³-hybridized carbons (Fsp3) is 0.750. The molecule has 1 aromatic rings. The Bertz CT molecular complexity index is 669. The van der Waals surface area contributed by atoms with Gasteiger partial charge in [-0.25, -0.2) is 0 Å². The Balaban J connectivity index is 2.80. The molecule has 0 fully saturated rings. The average molecular weight is 427 g/mol. The van der Waals surface area contributed by atoms with Crippen molar-refractivity contribution in [3.8, 4) is 5.75 Å². The summed E-state index contributed by atoms with van der Waals surface area (Å²) in [5, 5.41) is -0.960. The van der Waals surface area contributed by atoms with Crippen molar-refractivity contribution >= 4 is 10.1 Å². The highest BCUT2D eigenvalue weighted by molar-refractivity contribution is 7.86. The smallest absolute Gasteiger partial charge is 0.271 e. The van der Waals surface area contributed by atoms with Gasteiger partial charge in [0.05, 0.1) is 0 Å². The molecule has 0 aromatic heterocycles. The number of benzene rings is 1. The molecule has 29 heavy (non-hydrogen) atoms. The van der Waals surface area contributed by atoms with Crippen LogP contribution < -0.4 is 4.74 Å². The van der Waals surface area contributed by atoms with Crippen molar-refractivity contribution in [2.75, 3.05) is 0 Å². The van der Waals surface area contributed by atoms with Crippen LogP contribution in [-0.2, 0) is 23.0 Å².